The Morgan fingerprint density at radius 1 is 1.24 bits per heavy atom. The van der Waals surface area contributed by atoms with Crippen LogP contribution in [0.15, 0.2) is 18.2 Å². The van der Waals surface area contributed by atoms with Gasteiger partial charge in [0, 0.05) is 24.7 Å². The van der Waals surface area contributed by atoms with Crippen molar-refractivity contribution in [3.05, 3.63) is 34.3 Å². The van der Waals surface area contributed by atoms with Gasteiger partial charge in [-0.15, -0.1) is 0 Å². The molecule has 0 aliphatic carbocycles. The van der Waals surface area contributed by atoms with Crippen molar-refractivity contribution in [1.29, 1.82) is 0 Å². The normalized spacial score (nSPS) is 11.1. The molecule has 0 heterocycles. The van der Waals surface area contributed by atoms with Crippen LogP contribution in [0, 0.1) is 6.92 Å². The van der Waals surface area contributed by atoms with E-state index in [4.69, 9.17) is 11.6 Å². The Hall–Kier alpha value is -0.570. The minimum absolute atomic E-state index is 0.855. The molecule has 3 heteroatoms. The molecular weight excluding hydrogens is 232 g/mol. The maximum Gasteiger partial charge on any atom is 0.0438 e. The summed E-state index contributed by atoms with van der Waals surface area (Å²) in [6.45, 7) is 11.7. The van der Waals surface area contributed by atoms with E-state index < -0.39 is 0 Å². The fourth-order valence-electron chi connectivity index (χ4n) is 1.76. The predicted octanol–water partition coefficient (Wildman–Crippen LogP) is 3.08. The second kappa shape index (κ2) is 7.70. The molecule has 0 radical (unpaired) electrons. The average molecular weight is 255 g/mol. The molecule has 0 aliphatic heterocycles. The lowest BCUT2D eigenvalue weighted by molar-refractivity contribution is 0.302. The number of aryl methyl sites for hydroxylation is 1. The number of nitrogens with zero attached hydrogens (tertiary/aromatic N) is 1. The van der Waals surface area contributed by atoms with Crippen LogP contribution in [0.2, 0.25) is 5.02 Å². The average Bonchev–Trinajstić information content (AvgIpc) is 2.34. The van der Waals surface area contributed by atoms with Crippen LogP contribution in [0.4, 0.5) is 0 Å². The summed E-state index contributed by atoms with van der Waals surface area (Å²) < 4.78 is 0. The van der Waals surface area contributed by atoms with Gasteiger partial charge < -0.3 is 10.2 Å². The molecule has 0 saturated carbocycles. The fourth-order valence-corrected chi connectivity index (χ4v) is 1.96. The third kappa shape index (κ3) is 5.07. The molecule has 0 fully saturated rings. The van der Waals surface area contributed by atoms with Crippen LogP contribution in [-0.4, -0.2) is 31.1 Å². The van der Waals surface area contributed by atoms with Gasteiger partial charge in [0.15, 0.2) is 0 Å². The standard InChI is InChI=1S/C14H23ClN2/c1-4-17(5-2)9-8-16-11-13-7-6-12(3)14(15)10-13/h6-7,10,16H,4-5,8-9,11H2,1-3H3. The zero-order chi connectivity index (χ0) is 12.7. The number of rotatable bonds is 7. The van der Waals surface area contributed by atoms with Gasteiger partial charge in [-0.3, -0.25) is 0 Å². The molecule has 0 aromatic heterocycles. The maximum absolute atomic E-state index is 6.09. The molecule has 0 spiro atoms. The topological polar surface area (TPSA) is 15.3 Å². The van der Waals surface area contributed by atoms with E-state index in [0.29, 0.717) is 0 Å². The predicted molar refractivity (Wildman–Crippen MR) is 75.7 cm³/mol. The van der Waals surface area contributed by atoms with Crippen LogP contribution in [0.1, 0.15) is 25.0 Å². The van der Waals surface area contributed by atoms with Crippen molar-refractivity contribution < 1.29 is 0 Å². The lowest BCUT2D eigenvalue weighted by atomic mass is 10.1. The van der Waals surface area contributed by atoms with E-state index in [9.17, 15) is 0 Å². The van der Waals surface area contributed by atoms with Crippen molar-refractivity contribution in [2.75, 3.05) is 26.2 Å². The van der Waals surface area contributed by atoms with E-state index in [1.807, 2.05) is 13.0 Å². The van der Waals surface area contributed by atoms with Crippen molar-refractivity contribution in [3.63, 3.8) is 0 Å². The number of halogens is 1. The first-order valence-electron chi connectivity index (χ1n) is 6.35. The van der Waals surface area contributed by atoms with Crippen LogP contribution < -0.4 is 5.32 Å². The Labute approximate surface area is 110 Å². The molecule has 0 saturated heterocycles. The largest absolute Gasteiger partial charge is 0.311 e. The lowest BCUT2D eigenvalue weighted by Crippen LogP contribution is -2.31. The molecule has 0 atom stereocenters. The Kier molecular flexibility index (Phi) is 6.56. The highest BCUT2D eigenvalue weighted by Gasteiger charge is 1.99. The van der Waals surface area contributed by atoms with E-state index >= 15 is 0 Å². The quantitative estimate of drug-likeness (QED) is 0.753. The maximum atomic E-state index is 6.09. The van der Waals surface area contributed by atoms with Crippen LogP contribution in [0.25, 0.3) is 0 Å². The van der Waals surface area contributed by atoms with Gasteiger partial charge in [0.25, 0.3) is 0 Å². The summed E-state index contributed by atoms with van der Waals surface area (Å²) >= 11 is 6.09. The first-order valence-corrected chi connectivity index (χ1v) is 6.73. The highest BCUT2D eigenvalue weighted by molar-refractivity contribution is 6.31. The highest BCUT2D eigenvalue weighted by Crippen LogP contribution is 2.16. The van der Waals surface area contributed by atoms with Crippen molar-refractivity contribution in [2.24, 2.45) is 0 Å². The second-order valence-corrected chi connectivity index (χ2v) is 4.69. The zero-order valence-electron chi connectivity index (χ0n) is 11.1. The van der Waals surface area contributed by atoms with Crippen molar-refractivity contribution in [1.82, 2.24) is 10.2 Å². The van der Waals surface area contributed by atoms with E-state index in [1.165, 1.54) is 5.56 Å². The number of hydrogen-bond donors (Lipinski definition) is 1. The third-order valence-electron chi connectivity index (χ3n) is 3.06. The van der Waals surface area contributed by atoms with Gasteiger partial charge in [0.1, 0.15) is 0 Å². The summed E-state index contributed by atoms with van der Waals surface area (Å²) in [5.41, 5.74) is 2.39. The lowest BCUT2D eigenvalue weighted by Gasteiger charge is -2.18. The number of benzene rings is 1. The van der Waals surface area contributed by atoms with Gasteiger partial charge in [0.05, 0.1) is 0 Å². The molecule has 2 nitrogen and oxygen atoms in total. The van der Waals surface area contributed by atoms with Crippen LogP contribution >= 0.6 is 11.6 Å². The Morgan fingerprint density at radius 2 is 1.94 bits per heavy atom. The SMILES string of the molecule is CCN(CC)CCNCc1ccc(C)c(Cl)c1. The number of likely N-dealkylation sites (N-methyl/N-ethyl adjacent to an activating group) is 1. The van der Waals surface area contributed by atoms with Crippen molar-refractivity contribution >= 4 is 11.6 Å². The molecule has 0 unspecified atom stereocenters. The molecule has 0 bridgehead atoms. The Balaban J connectivity index is 2.28. The molecule has 1 rings (SSSR count). The van der Waals surface area contributed by atoms with Gasteiger partial charge in [-0.25, -0.2) is 0 Å². The van der Waals surface area contributed by atoms with Gasteiger partial charge >= 0.3 is 0 Å². The summed E-state index contributed by atoms with van der Waals surface area (Å²) in [5.74, 6) is 0. The zero-order valence-corrected chi connectivity index (χ0v) is 11.8. The first-order chi connectivity index (χ1) is 8.17. The number of hydrogen-bond acceptors (Lipinski definition) is 2. The van der Waals surface area contributed by atoms with E-state index in [-0.39, 0.29) is 0 Å². The summed E-state index contributed by atoms with van der Waals surface area (Å²) in [6.07, 6.45) is 0. The highest BCUT2D eigenvalue weighted by atomic mass is 35.5. The molecule has 1 aromatic rings. The molecule has 0 amide bonds. The molecule has 1 N–H and O–H groups in total. The monoisotopic (exact) mass is 254 g/mol. The molecular formula is C14H23ClN2. The summed E-state index contributed by atoms with van der Waals surface area (Å²) in [4.78, 5) is 2.41. The van der Waals surface area contributed by atoms with Gasteiger partial charge in [0.2, 0.25) is 0 Å². The minimum Gasteiger partial charge on any atom is -0.311 e. The van der Waals surface area contributed by atoms with Gasteiger partial charge in [-0.1, -0.05) is 37.6 Å². The van der Waals surface area contributed by atoms with Crippen LogP contribution in [-0.2, 0) is 6.54 Å². The summed E-state index contributed by atoms with van der Waals surface area (Å²) in [6, 6.07) is 6.25. The Morgan fingerprint density at radius 3 is 2.53 bits per heavy atom. The third-order valence-corrected chi connectivity index (χ3v) is 3.47. The molecule has 1 aromatic carbocycles. The van der Waals surface area contributed by atoms with Crippen LogP contribution in [0.3, 0.4) is 0 Å². The molecule has 0 aliphatic rings. The van der Waals surface area contributed by atoms with Gasteiger partial charge in [-0.05, 0) is 37.2 Å². The summed E-state index contributed by atoms with van der Waals surface area (Å²) in [5, 5.41) is 4.30. The molecule has 17 heavy (non-hydrogen) atoms. The smallest absolute Gasteiger partial charge is 0.0438 e. The number of nitrogens with one attached hydrogen (secondary N) is 1. The second-order valence-electron chi connectivity index (χ2n) is 4.29. The first kappa shape index (κ1) is 14.5. The van der Waals surface area contributed by atoms with E-state index in [1.54, 1.807) is 0 Å². The van der Waals surface area contributed by atoms with E-state index in [2.05, 4.69) is 36.2 Å². The summed E-state index contributed by atoms with van der Waals surface area (Å²) in [7, 11) is 0. The van der Waals surface area contributed by atoms with Crippen LogP contribution in [0.5, 0.6) is 0 Å². The van der Waals surface area contributed by atoms with Crippen molar-refractivity contribution in [2.45, 2.75) is 27.3 Å². The van der Waals surface area contributed by atoms with E-state index in [0.717, 1.165) is 43.3 Å². The van der Waals surface area contributed by atoms with Gasteiger partial charge in [-0.2, -0.15) is 0 Å². The Bertz CT molecular complexity index is 335. The van der Waals surface area contributed by atoms with Crippen molar-refractivity contribution in [3.8, 4) is 0 Å². The fraction of sp³-hybridized carbons (Fsp3) is 0.571. The molecule has 96 valence electrons. The minimum atomic E-state index is 0.855.